The first-order valence-corrected chi connectivity index (χ1v) is 7.76. The zero-order valence-electron chi connectivity index (χ0n) is 12.8. The van der Waals surface area contributed by atoms with E-state index in [2.05, 4.69) is 27.1 Å². The second kappa shape index (κ2) is 6.68. The van der Waals surface area contributed by atoms with Crippen molar-refractivity contribution in [3.05, 3.63) is 17.6 Å². The average molecular weight is 292 g/mol. The lowest BCUT2D eigenvalue weighted by Gasteiger charge is -2.34. The van der Waals surface area contributed by atoms with E-state index in [4.69, 9.17) is 9.47 Å². The fourth-order valence-corrected chi connectivity index (χ4v) is 3.00. The van der Waals surface area contributed by atoms with E-state index in [0.717, 1.165) is 63.1 Å². The van der Waals surface area contributed by atoms with Crippen LogP contribution in [-0.4, -0.2) is 66.5 Å². The molecule has 6 nitrogen and oxygen atoms in total. The van der Waals surface area contributed by atoms with Crippen LogP contribution >= 0.6 is 0 Å². The molecule has 0 amide bonds. The van der Waals surface area contributed by atoms with Crippen LogP contribution < -0.4 is 5.32 Å². The monoisotopic (exact) mass is 292 g/mol. The van der Waals surface area contributed by atoms with E-state index in [9.17, 15) is 0 Å². The molecule has 0 spiro atoms. The Bertz CT molecular complexity index is 477. The van der Waals surface area contributed by atoms with Crippen LogP contribution in [0.1, 0.15) is 18.3 Å². The molecule has 0 bridgehead atoms. The zero-order valence-corrected chi connectivity index (χ0v) is 12.8. The zero-order chi connectivity index (χ0) is 14.7. The Hall–Kier alpha value is -1.24. The largest absolute Gasteiger partial charge is 0.379 e. The highest BCUT2D eigenvalue weighted by Crippen LogP contribution is 2.21. The average Bonchev–Trinajstić information content (AvgIpc) is 2.96. The summed E-state index contributed by atoms with van der Waals surface area (Å²) in [4.78, 5) is 11.3. The van der Waals surface area contributed by atoms with Gasteiger partial charge in [0.15, 0.2) is 0 Å². The molecule has 0 radical (unpaired) electrons. The molecule has 0 aliphatic carbocycles. The number of hydrogen-bond acceptors (Lipinski definition) is 6. The predicted molar refractivity (Wildman–Crippen MR) is 80.6 cm³/mol. The summed E-state index contributed by atoms with van der Waals surface area (Å²) in [6.07, 6.45) is 2.85. The number of ether oxygens (including phenoxy) is 2. The Morgan fingerprint density at radius 3 is 2.86 bits per heavy atom. The molecule has 2 aliphatic heterocycles. The lowest BCUT2D eigenvalue weighted by Crippen LogP contribution is -2.51. The van der Waals surface area contributed by atoms with E-state index in [1.54, 1.807) is 0 Å². The lowest BCUT2D eigenvalue weighted by molar-refractivity contribution is 0.0130. The lowest BCUT2D eigenvalue weighted by atomic mass is 10.1. The van der Waals surface area contributed by atoms with Gasteiger partial charge in [0.25, 0.3) is 0 Å². The van der Waals surface area contributed by atoms with Gasteiger partial charge in [-0.1, -0.05) is 6.92 Å². The van der Waals surface area contributed by atoms with Gasteiger partial charge in [-0.25, -0.2) is 9.97 Å². The number of morpholine rings is 1. The van der Waals surface area contributed by atoms with E-state index in [-0.39, 0.29) is 6.04 Å². The molecule has 6 heteroatoms. The fraction of sp³-hybridized carbons (Fsp3) is 0.733. The Kier molecular flexibility index (Phi) is 4.67. The normalized spacial score (nSPS) is 27.0. The highest BCUT2D eigenvalue weighted by atomic mass is 16.5. The molecule has 116 valence electrons. The summed E-state index contributed by atoms with van der Waals surface area (Å²) in [5.41, 5.74) is 1.16. The Balaban J connectivity index is 1.72. The van der Waals surface area contributed by atoms with Gasteiger partial charge in [-0.05, 0) is 13.3 Å². The van der Waals surface area contributed by atoms with Crippen LogP contribution in [0.3, 0.4) is 0 Å². The predicted octanol–water partition coefficient (Wildman–Crippen LogP) is 0.859. The van der Waals surface area contributed by atoms with Gasteiger partial charge in [-0.15, -0.1) is 0 Å². The molecule has 3 rings (SSSR count). The highest BCUT2D eigenvalue weighted by Gasteiger charge is 2.34. The van der Waals surface area contributed by atoms with Crippen LogP contribution in [0.15, 0.2) is 6.20 Å². The Labute approximate surface area is 125 Å². The number of nitrogens with one attached hydrogen (secondary N) is 1. The minimum absolute atomic E-state index is 0.280. The minimum Gasteiger partial charge on any atom is -0.379 e. The first-order valence-electron chi connectivity index (χ1n) is 7.76. The third-order valence-corrected chi connectivity index (χ3v) is 4.25. The molecule has 0 aromatic carbocycles. The van der Waals surface area contributed by atoms with Crippen molar-refractivity contribution < 1.29 is 9.47 Å². The number of anilines is 1. The Morgan fingerprint density at radius 1 is 1.29 bits per heavy atom. The van der Waals surface area contributed by atoms with Gasteiger partial charge in [-0.3, -0.25) is 4.90 Å². The van der Waals surface area contributed by atoms with Crippen LogP contribution in [0.4, 0.5) is 5.82 Å². The van der Waals surface area contributed by atoms with E-state index >= 15 is 0 Å². The molecule has 2 aliphatic rings. The smallest absolute Gasteiger partial charge is 0.133 e. The summed E-state index contributed by atoms with van der Waals surface area (Å²) in [6.45, 7) is 9.16. The van der Waals surface area contributed by atoms with Crippen molar-refractivity contribution in [2.75, 3.05) is 44.8 Å². The first kappa shape index (κ1) is 14.7. The van der Waals surface area contributed by atoms with Gasteiger partial charge in [0.2, 0.25) is 0 Å². The second-order valence-electron chi connectivity index (χ2n) is 5.65. The SMILES string of the molecule is CCc1cnc(C)nc1N[C@H]1COC[C@@H]1N1CCOCC1. The maximum absolute atomic E-state index is 5.71. The summed E-state index contributed by atoms with van der Waals surface area (Å²) >= 11 is 0. The summed E-state index contributed by atoms with van der Waals surface area (Å²) in [6, 6.07) is 0.677. The second-order valence-corrected chi connectivity index (χ2v) is 5.65. The van der Waals surface area contributed by atoms with Gasteiger partial charge in [0.1, 0.15) is 11.6 Å². The highest BCUT2D eigenvalue weighted by molar-refractivity contribution is 5.44. The molecule has 2 fully saturated rings. The van der Waals surface area contributed by atoms with Crippen LogP contribution in [-0.2, 0) is 15.9 Å². The van der Waals surface area contributed by atoms with Gasteiger partial charge < -0.3 is 14.8 Å². The van der Waals surface area contributed by atoms with Crippen molar-refractivity contribution in [3.8, 4) is 0 Å². The van der Waals surface area contributed by atoms with Gasteiger partial charge in [0, 0.05) is 24.8 Å². The third kappa shape index (κ3) is 3.33. The fourth-order valence-electron chi connectivity index (χ4n) is 3.00. The van der Waals surface area contributed by atoms with Crippen molar-refractivity contribution >= 4 is 5.82 Å². The maximum Gasteiger partial charge on any atom is 0.133 e. The molecule has 0 unspecified atom stereocenters. The van der Waals surface area contributed by atoms with Crippen molar-refractivity contribution in [3.63, 3.8) is 0 Å². The van der Waals surface area contributed by atoms with Crippen molar-refractivity contribution in [1.82, 2.24) is 14.9 Å². The molecule has 2 atom stereocenters. The maximum atomic E-state index is 5.71. The molecule has 21 heavy (non-hydrogen) atoms. The molecular weight excluding hydrogens is 268 g/mol. The van der Waals surface area contributed by atoms with Crippen molar-refractivity contribution in [2.24, 2.45) is 0 Å². The summed E-state index contributed by atoms with van der Waals surface area (Å²) in [7, 11) is 0. The third-order valence-electron chi connectivity index (χ3n) is 4.25. The first-order chi connectivity index (χ1) is 10.3. The number of aryl methyl sites for hydroxylation is 2. The van der Waals surface area contributed by atoms with Crippen molar-refractivity contribution in [2.45, 2.75) is 32.4 Å². The van der Waals surface area contributed by atoms with E-state index in [1.807, 2.05) is 13.1 Å². The Morgan fingerprint density at radius 2 is 2.10 bits per heavy atom. The summed E-state index contributed by atoms with van der Waals surface area (Å²) in [5.74, 6) is 1.76. The van der Waals surface area contributed by atoms with Gasteiger partial charge in [0.05, 0.1) is 38.5 Å². The molecule has 1 aromatic heterocycles. The van der Waals surface area contributed by atoms with E-state index in [0.29, 0.717) is 6.04 Å². The van der Waals surface area contributed by atoms with Crippen LogP contribution in [0.2, 0.25) is 0 Å². The standard InChI is InChI=1S/C15H24N4O2/c1-3-12-8-16-11(2)17-15(12)18-13-9-21-10-14(13)19-4-6-20-7-5-19/h8,13-14H,3-7,9-10H2,1-2H3,(H,16,17,18)/t13-,14-/m0/s1. The number of nitrogens with zero attached hydrogens (tertiary/aromatic N) is 3. The molecule has 1 aromatic rings. The minimum atomic E-state index is 0.280. The molecule has 0 saturated carbocycles. The van der Waals surface area contributed by atoms with Gasteiger partial charge in [-0.2, -0.15) is 0 Å². The van der Waals surface area contributed by atoms with Crippen LogP contribution in [0.25, 0.3) is 0 Å². The quantitative estimate of drug-likeness (QED) is 0.888. The van der Waals surface area contributed by atoms with E-state index in [1.165, 1.54) is 0 Å². The van der Waals surface area contributed by atoms with E-state index < -0.39 is 0 Å². The molecule has 2 saturated heterocycles. The molecule has 3 heterocycles. The molecule has 1 N–H and O–H groups in total. The number of rotatable bonds is 4. The number of aromatic nitrogens is 2. The summed E-state index contributed by atoms with van der Waals surface area (Å²) < 4.78 is 11.2. The molecular formula is C15H24N4O2. The van der Waals surface area contributed by atoms with Crippen LogP contribution in [0.5, 0.6) is 0 Å². The van der Waals surface area contributed by atoms with Gasteiger partial charge >= 0.3 is 0 Å². The number of hydrogen-bond donors (Lipinski definition) is 1. The van der Waals surface area contributed by atoms with Crippen molar-refractivity contribution in [1.29, 1.82) is 0 Å². The summed E-state index contributed by atoms with van der Waals surface area (Å²) in [5, 5.41) is 3.59. The van der Waals surface area contributed by atoms with Crippen LogP contribution in [0, 0.1) is 6.92 Å². The topological polar surface area (TPSA) is 59.5 Å².